The van der Waals surface area contributed by atoms with E-state index < -0.39 is 29.1 Å². The zero-order valence-corrected chi connectivity index (χ0v) is 15.7. The molecule has 25 heavy (non-hydrogen) atoms. The molecule has 0 aromatic heterocycles. The van der Waals surface area contributed by atoms with Gasteiger partial charge in [0.1, 0.15) is 11.6 Å². The van der Waals surface area contributed by atoms with Crippen molar-refractivity contribution in [2.75, 3.05) is 7.11 Å². The Hall–Kier alpha value is -2.11. The average Bonchev–Trinajstić information content (AvgIpc) is 2.82. The minimum atomic E-state index is -0.970. The van der Waals surface area contributed by atoms with Crippen LogP contribution in [0.5, 0.6) is 0 Å². The van der Waals surface area contributed by atoms with Crippen molar-refractivity contribution < 1.29 is 23.9 Å². The van der Waals surface area contributed by atoms with Crippen molar-refractivity contribution in [1.82, 2.24) is 4.90 Å². The smallest absolute Gasteiger partial charge is 0.417 e. The molecule has 1 heterocycles. The predicted octanol–water partition coefficient (Wildman–Crippen LogP) is 3.61. The van der Waals surface area contributed by atoms with E-state index in [0.717, 1.165) is 4.90 Å². The molecule has 1 fully saturated rings. The summed E-state index contributed by atoms with van der Waals surface area (Å²) in [6, 6.07) is -0.970. The highest BCUT2D eigenvalue weighted by molar-refractivity contribution is 6.02. The van der Waals surface area contributed by atoms with Gasteiger partial charge in [0.2, 0.25) is 5.91 Å². The third kappa shape index (κ3) is 4.94. The van der Waals surface area contributed by atoms with Crippen LogP contribution in [0.1, 0.15) is 52.9 Å². The molecular weight excluding hydrogens is 322 g/mol. The van der Waals surface area contributed by atoms with Crippen LogP contribution in [-0.4, -0.2) is 41.6 Å². The van der Waals surface area contributed by atoms with Crippen molar-refractivity contribution in [2.45, 2.75) is 64.5 Å². The number of hydrogen-bond acceptors (Lipinski definition) is 5. The average molecular weight is 351 g/mol. The number of imide groups is 1. The summed E-state index contributed by atoms with van der Waals surface area (Å²) in [5, 5.41) is 0. The lowest BCUT2D eigenvalue weighted by Gasteiger charge is -2.28. The fourth-order valence-corrected chi connectivity index (χ4v) is 3.09. The molecule has 2 amide bonds. The molecule has 1 rings (SSSR count). The summed E-state index contributed by atoms with van der Waals surface area (Å²) in [6.45, 7) is 12.5. The zero-order chi connectivity index (χ0) is 19.3. The Morgan fingerprint density at radius 3 is 2.16 bits per heavy atom. The molecule has 140 valence electrons. The van der Waals surface area contributed by atoms with Crippen LogP contribution in [-0.2, 0) is 19.1 Å². The highest BCUT2D eigenvalue weighted by atomic mass is 16.6. The molecule has 0 unspecified atom stereocenters. The fraction of sp³-hybridized carbons (Fsp3) is 0.632. The first-order valence-electron chi connectivity index (χ1n) is 8.48. The summed E-state index contributed by atoms with van der Waals surface area (Å²) in [5.41, 5.74) is -1.59. The van der Waals surface area contributed by atoms with E-state index in [1.54, 1.807) is 32.9 Å². The van der Waals surface area contributed by atoms with E-state index >= 15 is 0 Å². The molecule has 0 aromatic rings. The number of methoxy groups -OCH3 is 1. The van der Waals surface area contributed by atoms with Crippen molar-refractivity contribution in [2.24, 2.45) is 5.41 Å². The fourth-order valence-electron chi connectivity index (χ4n) is 3.09. The van der Waals surface area contributed by atoms with Gasteiger partial charge in [0.15, 0.2) is 0 Å². The summed E-state index contributed by atoms with van der Waals surface area (Å²) in [4.78, 5) is 38.9. The van der Waals surface area contributed by atoms with Crippen molar-refractivity contribution in [3.8, 4) is 0 Å². The Morgan fingerprint density at radius 1 is 1.24 bits per heavy atom. The van der Waals surface area contributed by atoms with Gasteiger partial charge < -0.3 is 9.47 Å². The molecule has 0 aliphatic carbocycles. The Labute approximate surface area is 149 Å². The van der Waals surface area contributed by atoms with Gasteiger partial charge in [-0.25, -0.2) is 14.5 Å². The first-order valence-corrected chi connectivity index (χ1v) is 8.48. The van der Waals surface area contributed by atoms with E-state index in [1.807, 2.05) is 0 Å². The maximum atomic E-state index is 13.1. The third-order valence-electron chi connectivity index (χ3n) is 4.29. The van der Waals surface area contributed by atoms with Crippen LogP contribution in [0.25, 0.3) is 0 Å². The lowest BCUT2D eigenvalue weighted by Crippen LogP contribution is -2.47. The number of likely N-dealkylation sites (tertiary alicyclic amines) is 1. The molecule has 1 saturated heterocycles. The van der Waals surface area contributed by atoms with E-state index in [9.17, 15) is 14.4 Å². The molecular formula is C19H29NO5. The first-order chi connectivity index (χ1) is 11.6. The van der Waals surface area contributed by atoms with Crippen LogP contribution < -0.4 is 0 Å². The molecule has 1 aliphatic rings. The van der Waals surface area contributed by atoms with Gasteiger partial charge in [-0.2, -0.15) is 0 Å². The van der Waals surface area contributed by atoms with Crippen molar-refractivity contribution in [3.05, 3.63) is 25.3 Å². The molecule has 0 aromatic carbocycles. The van der Waals surface area contributed by atoms with Gasteiger partial charge in [-0.05, 0) is 52.9 Å². The monoisotopic (exact) mass is 351 g/mol. The molecule has 1 atom stereocenters. The summed E-state index contributed by atoms with van der Waals surface area (Å²) in [5.74, 6) is -1.00. The maximum Gasteiger partial charge on any atom is 0.417 e. The van der Waals surface area contributed by atoms with Crippen LogP contribution in [0.4, 0.5) is 4.79 Å². The molecule has 6 nitrogen and oxygen atoms in total. The second-order valence-corrected chi connectivity index (χ2v) is 7.33. The summed E-state index contributed by atoms with van der Waals surface area (Å²) in [7, 11) is 1.24. The molecule has 0 saturated carbocycles. The molecule has 0 radical (unpaired) electrons. The van der Waals surface area contributed by atoms with Gasteiger partial charge in [0.25, 0.3) is 0 Å². The SMILES string of the molecule is C=CCCC1(CCC=C)C[C@@H](C(=O)OC)N(C(=O)OC(C)(C)C)C1=O. The quantitative estimate of drug-likeness (QED) is 0.517. The maximum absolute atomic E-state index is 13.1. The second kappa shape index (κ2) is 8.32. The summed E-state index contributed by atoms with van der Waals surface area (Å²) in [6.07, 6.45) is 5.11. The number of allylic oxidation sites excluding steroid dienone is 2. The minimum absolute atomic E-state index is 0.222. The summed E-state index contributed by atoms with van der Waals surface area (Å²) < 4.78 is 10.2. The highest BCUT2D eigenvalue weighted by Gasteiger charge is 2.56. The number of carbonyl (C=O) groups is 3. The van der Waals surface area contributed by atoms with Crippen LogP contribution in [0.15, 0.2) is 25.3 Å². The summed E-state index contributed by atoms with van der Waals surface area (Å²) >= 11 is 0. The molecule has 6 heteroatoms. The Kier molecular flexibility index (Phi) is 6.96. The first kappa shape index (κ1) is 20.9. The van der Waals surface area contributed by atoms with Gasteiger partial charge in [0, 0.05) is 0 Å². The van der Waals surface area contributed by atoms with Crippen LogP contribution in [0.3, 0.4) is 0 Å². The number of amides is 2. The van der Waals surface area contributed by atoms with Crippen molar-refractivity contribution >= 4 is 18.0 Å². The van der Waals surface area contributed by atoms with E-state index in [2.05, 4.69) is 13.2 Å². The predicted molar refractivity (Wildman–Crippen MR) is 94.8 cm³/mol. The van der Waals surface area contributed by atoms with Crippen LogP contribution in [0.2, 0.25) is 0 Å². The van der Waals surface area contributed by atoms with E-state index in [0.29, 0.717) is 25.7 Å². The van der Waals surface area contributed by atoms with Crippen molar-refractivity contribution in [3.63, 3.8) is 0 Å². The third-order valence-corrected chi connectivity index (χ3v) is 4.29. The topological polar surface area (TPSA) is 72.9 Å². The number of hydrogen-bond donors (Lipinski definition) is 0. The molecule has 0 bridgehead atoms. The van der Waals surface area contributed by atoms with Gasteiger partial charge in [-0.1, -0.05) is 12.2 Å². The largest absolute Gasteiger partial charge is 0.467 e. The number of rotatable bonds is 7. The van der Waals surface area contributed by atoms with Gasteiger partial charge in [-0.3, -0.25) is 4.79 Å². The van der Waals surface area contributed by atoms with E-state index in [1.165, 1.54) is 7.11 Å². The number of esters is 1. The minimum Gasteiger partial charge on any atom is -0.467 e. The lowest BCUT2D eigenvalue weighted by atomic mass is 9.76. The van der Waals surface area contributed by atoms with Gasteiger partial charge in [-0.15, -0.1) is 13.2 Å². The van der Waals surface area contributed by atoms with Crippen molar-refractivity contribution in [1.29, 1.82) is 0 Å². The lowest BCUT2D eigenvalue weighted by molar-refractivity contribution is -0.149. The molecule has 1 aliphatic heterocycles. The molecule has 0 spiro atoms. The Bertz CT molecular complexity index is 535. The van der Waals surface area contributed by atoms with E-state index in [4.69, 9.17) is 9.47 Å². The number of ether oxygens (including phenoxy) is 2. The van der Waals surface area contributed by atoms with Gasteiger partial charge in [0.05, 0.1) is 12.5 Å². The Balaban J connectivity index is 3.24. The molecule has 0 N–H and O–H groups in total. The normalized spacial score (nSPS) is 19.4. The zero-order valence-electron chi connectivity index (χ0n) is 15.7. The number of carbonyl (C=O) groups excluding carboxylic acids is 3. The van der Waals surface area contributed by atoms with Gasteiger partial charge >= 0.3 is 12.1 Å². The Morgan fingerprint density at radius 2 is 1.76 bits per heavy atom. The van der Waals surface area contributed by atoms with Crippen LogP contribution in [0, 0.1) is 5.41 Å². The second-order valence-electron chi connectivity index (χ2n) is 7.33. The highest BCUT2D eigenvalue weighted by Crippen LogP contribution is 2.45. The van der Waals surface area contributed by atoms with E-state index in [-0.39, 0.29) is 12.3 Å². The van der Waals surface area contributed by atoms with Crippen LogP contribution >= 0.6 is 0 Å². The number of nitrogens with zero attached hydrogens (tertiary/aromatic N) is 1. The standard InChI is InChI=1S/C19H29NO5/c1-7-9-11-19(12-10-8-2)13-14(15(21)24-6)20(16(19)22)17(23)25-18(3,4)5/h7-8,14H,1-2,9-13H2,3-6H3/t14-/m0/s1.